The average Bonchev–Trinajstić information content (AvgIpc) is 2.81. The first-order valence-corrected chi connectivity index (χ1v) is 7.60. The van der Waals surface area contributed by atoms with E-state index < -0.39 is 11.4 Å². The number of carboxylic acid groups (broad SMARTS) is 1. The topological polar surface area (TPSA) is 71.3 Å². The van der Waals surface area contributed by atoms with Crippen molar-refractivity contribution in [2.45, 2.75) is 27.7 Å². The van der Waals surface area contributed by atoms with Gasteiger partial charge in [0.2, 0.25) is 0 Å². The Labute approximate surface area is 140 Å². The minimum atomic E-state index is -1.04. The third-order valence-electron chi connectivity index (χ3n) is 4.03. The minimum Gasteiger partial charge on any atom is -0.481 e. The summed E-state index contributed by atoms with van der Waals surface area (Å²) in [6.45, 7) is 6.79. The predicted molar refractivity (Wildman–Crippen MR) is 89.0 cm³/mol. The van der Waals surface area contributed by atoms with Gasteiger partial charge in [-0.25, -0.2) is 4.39 Å². The summed E-state index contributed by atoms with van der Waals surface area (Å²) in [5.74, 6) is -1.62. The van der Waals surface area contributed by atoms with E-state index in [0.29, 0.717) is 11.3 Å². The van der Waals surface area contributed by atoms with Crippen molar-refractivity contribution in [2.24, 2.45) is 5.41 Å². The van der Waals surface area contributed by atoms with Crippen molar-refractivity contribution in [1.82, 2.24) is 9.88 Å². The second-order valence-electron chi connectivity index (χ2n) is 6.47. The highest BCUT2D eigenvalue weighted by Crippen LogP contribution is 2.21. The molecule has 1 amide bonds. The zero-order chi connectivity index (χ0) is 18.1. The molecule has 1 aromatic heterocycles. The van der Waals surface area contributed by atoms with Crippen LogP contribution in [0.15, 0.2) is 30.3 Å². The molecule has 1 heterocycles. The van der Waals surface area contributed by atoms with E-state index in [2.05, 4.69) is 5.32 Å². The van der Waals surface area contributed by atoms with Crippen LogP contribution in [0.1, 0.15) is 35.6 Å². The molecule has 24 heavy (non-hydrogen) atoms. The van der Waals surface area contributed by atoms with Gasteiger partial charge in [0.15, 0.2) is 0 Å². The Morgan fingerprint density at radius 2 is 1.79 bits per heavy atom. The van der Waals surface area contributed by atoms with Crippen LogP contribution in [-0.2, 0) is 4.79 Å². The highest BCUT2D eigenvalue weighted by atomic mass is 19.1. The van der Waals surface area contributed by atoms with E-state index in [9.17, 15) is 14.0 Å². The van der Waals surface area contributed by atoms with E-state index in [1.807, 2.05) is 11.5 Å². The molecule has 2 N–H and O–H groups in total. The van der Waals surface area contributed by atoms with Crippen LogP contribution < -0.4 is 5.32 Å². The molecule has 0 aliphatic carbocycles. The Hall–Kier alpha value is -2.63. The van der Waals surface area contributed by atoms with Gasteiger partial charge in [-0.05, 0) is 58.0 Å². The number of nitrogens with zero attached hydrogens (tertiary/aromatic N) is 1. The van der Waals surface area contributed by atoms with Crippen LogP contribution in [0.5, 0.6) is 0 Å². The smallest absolute Gasteiger partial charge is 0.310 e. The molecule has 0 atom stereocenters. The maximum absolute atomic E-state index is 13.1. The van der Waals surface area contributed by atoms with Crippen LogP contribution in [-0.4, -0.2) is 28.1 Å². The van der Waals surface area contributed by atoms with E-state index in [0.717, 1.165) is 11.4 Å². The zero-order valence-corrected chi connectivity index (χ0v) is 14.2. The molecule has 0 fully saturated rings. The maximum atomic E-state index is 13.1. The number of amides is 1. The van der Waals surface area contributed by atoms with Crippen LogP contribution in [0.4, 0.5) is 4.39 Å². The number of halogens is 1. The third kappa shape index (κ3) is 3.48. The normalized spacial score (nSPS) is 11.4. The van der Waals surface area contributed by atoms with Gasteiger partial charge in [0.25, 0.3) is 5.91 Å². The lowest BCUT2D eigenvalue weighted by Gasteiger charge is -2.19. The van der Waals surface area contributed by atoms with Crippen molar-refractivity contribution in [3.8, 4) is 5.69 Å². The van der Waals surface area contributed by atoms with Crippen LogP contribution in [0, 0.1) is 25.1 Å². The van der Waals surface area contributed by atoms with Gasteiger partial charge < -0.3 is 15.0 Å². The average molecular weight is 332 g/mol. The molecule has 0 saturated heterocycles. The molecule has 0 unspecified atom stereocenters. The summed E-state index contributed by atoms with van der Waals surface area (Å²) in [4.78, 5) is 23.5. The highest BCUT2D eigenvalue weighted by Gasteiger charge is 2.28. The van der Waals surface area contributed by atoms with Crippen molar-refractivity contribution < 1.29 is 19.1 Å². The number of aromatic nitrogens is 1. The largest absolute Gasteiger partial charge is 0.481 e. The minimum absolute atomic E-state index is 0.0291. The summed E-state index contributed by atoms with van der Waals surface area (Å²) in [5, 5.41) is 11.8. The van der Waals surface area contributed by atoms with E-state index in [-0.39, 0.29) is 18.3 Å². The van der Waals surface area contributed by atoms with E-state index in [1.165, 1.54) is 12.1 Å². The highest BCUT2D eigenvalue weighted by molar-refractivity contribution is 5.96. The molecule has 5 nitrogen and oxygen atoms in total. The van der Waals surface area contributed by atoms with Crippen LogP contribution in [0.3, 0.4) is 0 Å². The number of carboxylic acids is 1. The molecule has 1 aromatic carbocycles. The van der Waals surface area contributed by atoms with Gasteiger partial charge in [-0.3, -0.25) is 9.59 Å². The molecule has 2 rings (SSSR count). The third-order valence-corrected chi connectivity index (χ3v) is 4.03. The van der Waals surface area contributed by atoms with E-state index in [1.54, 1.807) is 39.0 Å². The lowest BCUT2D eigenvalue weighted by molar-refractivity contribution is -0.146. The molecule has 6 heteroatoms. The maximum Gasteiger partial charge on any atom is 0.310 e. The summed E-state index contributed by atoms with van der Waals surface area (Å²) in [5.41, 5.74) is 1.74. The lowest BCUT2D eigenvalue weighted by atomic mass is 9.94. The van der Waals surface area contributed by atoms with Crippen molar-refractivity contribution in [3.05, 3.63) is 53.1 Å². The Morgan fingerprint density at radius 1 is 1.21 bits per heavy atom. The first kappa shape index (κ1) is 17.7. The Morgan fingerprint density at radius 3 is 2.33 bits per heavy atom. The fourth-order valence-electron chi connectivity index (χ4n) is 2.45. The first-order chi connectivity index (χ1) is 11.1. The molecule has 0 bridgehead atoms. The number of aryl methyl sites for hydroxylation is 1. The number of carbonyl (C=O) groups excluding carboxylic acids is 1. The molecule has 0 aliphatic heterocycles. The van der Waals surface area contributed by atoms with Gasteiger partial charge >= 0.3 is 5.97 Å². The summed E-state index contributed by atoms with van der Waals surface area (Å²) in [6.07, 6.45) is 0. The van der Waals surface area contributed by atoms with Gasteiger partial charge in [-0.15, -0.1) is 0 Å². The first-order valence-electron chi connectivity index (χ1n) is 7.60. The van der Waals surface area contributed by atoms with Crippen LogP contribution in [0.2, 0.25) is 0 Å². The van der Waals surface area contributed by atoms with Gasteiger partial charge in [-0.2, -0.15) is 0 Å². The fraction of sp³-hybridized carbons (Fsp3) is 0.333. The Bertz CT molecular complexity index is 776. The van der Waals surface area contributed by atoms with Crippen molar-refractivity contribution in [1.29, 1.82) is 0 Å². The molecular formula is C18H21FN2O3. The number of nitrogens with one attached hydrogen (secondary N) is 1. The molecule has 0 radical (unpaired) electrons. The standard InChI is InChI=1S/C18H21FN2O3/c1-11-9-15(16(22)20-10-18(3,4)17(23)24)12(2)21(11)14-7-5-13(19)6-8-14/h5-9H,10H2,1-4H3,(H,20,22)(H,23,24). The second kappa shape index (κ2) is 6.47. The van der Waals surface area contributed by atoms with Crippen molar-refractivity contribution in [3.63, 3.8) is 0 Å². The molecule has 0 saturated carbocycles. The number of carbonyl (C=O) groups is 2. The lowest BCUT2D eigenvalue weighted by Crippen LogP contribution is -2.39. The number of rotatable bonds is 5. The summed E-state index contributed by atoms with van der Waals surface area (Å²) < 4.78 is 15.0. The molecular weight excluding hydrogens is 311 g/mol. The Kier molecular flexibility index (Phi) is 4.78. The number of hydrogen-bond donors (Lipinski definition) is 2. The predicted octanol–water partition coefficient (Wildman–Crippen LogP) is 3.07. The number of aliphatic carboxylic acids is 1. The quantitative estimate of drug-likeness (QED) is 0.884. The second-order valence-corrected chi connectivity index (χ2v) is 6.47. The monoisotopic (exact) mass is 332 g/mol. The number of benzene rings is 1. The van der Waals surface area contributed by atoms with E-state index >= 15 is 0 Å². The molecule has 2 aromatic rings. The Balaban J connectivity index is 2.26. The van der Waals surface area contributed by atoms with Crippen molar-refractivity contribution in [2.75, 3.05) is 6.54 Å². The summed E-state index contributed by atoms with van der Waals surface area (Å²) in [6, 6.07) is 7.75. The van der Waals surface area contributed by atoms with Crippen LogP contribution in [0.25, 0.3) is 5.69 Å². The van der Waals surface area contributed by atoms with Crippen molar-refractivity contribution >= 4 is 11.9 Å². The van der Waals surface area contributed by atoms with E-state index in [4.69, 9.17) is 5.11 Å². The van der Waals surface area contributed by atoms with Gasteiger partial charge in [-0.1, -0.05) is 0 Å². The fourth-order valence-corrected chi connectivity index (χ4v) is 2.45. The molecule has 0 spiro atoms. The molecule has 128 valence electrons. The summed E-state index contributed by atoms with van der Waals surface area (Å²) in [7, 11) is 0. The molecule has 0 aliphatic rings. The number of hydrogen-bond acceptors (Lipinski definition) is 2. The zero-order valence-electron chi connectivity index (χ0n) is 14.2. The SMILES string of the molecule is Cc1cc(C(=O)NCC(C)(C)C(=O)O)c(C)n1-c1ccc(F)cc1. The van der Waals surface area contributed by atoms with Gasteiger partial charge in [0.05, 0.1) is 11.0 Å². The van der Waals surface area contributed by atoms with Gasteiger partial charge in [0, 0.05) is 23.6 Å². The van der Waals surface area contributed by atoms with Crippen LogP contribution >= 0.6 is 0 Å². The van der Waals surface area contributed by atoms with Gasteiger partial charge in [0.1, 0.15) is 5.82 Å². The summed E-state index contributed by atoms with van der Waals surface area (Å²) >= 11 is 0.